The van der Waals surface area contributed by atoms with Crippen molar-refractivity contribution in [2.75, 3.05) is 13.3 Å². The van der Waals surface area contributed by atoms with Gasteiger partial charge in [-0.1, -0.05) is 0 Å². The van der Waals surface area contributed by atoms with Gasteiger partial charge < -0.3 is 4.74 Å². The fourth-order valence-corrected chi connectivity index (χ4v) is 1.03. The van der Waals surface area contributed by atoms with Crippen molar-refractivity contribution >= 4 is 5.97 Å². The van der Waals surface area contributed by atoms with Crippen LogP contribution in [-0.2, 0) is 11.3 Å². The minimum absolute atomic E-state index is 0.342. The highest BCUT2D eigenvalue weighted by Crippen LogP contribution is 2.01. The van der Waals surface area contributed by atoms with E-state index < -0.39 is 0 Å². The Balaban J connectivity index is 2.54. The lowest BCUT2D eigenvalue weighted by atomic mass is 10.4. The Morgan fingerprint density at radius 2 is 2.50 bits per heavy atom. The lowest BCUT2D eigenvalue weighted by molar-refractivity contribution is 0.0526. The number of hydrogen-bond donors (Lipinski definition) is 0. The van der Waals surface area contributed by atoms with E-state index in [1.807, 2.05) is 0 Å². The van der Waals surface area contributed by atoms with E-state index >= 15 is 0 Å². The first-order valence-corrected chi connectivity index (χ1v) is 4.53. The number of hydrogen-bond acceptors (Lipinski definition) is 3. The zero-order valence-corrected chi connectivity index (χ0v) is 8.07. The predicted molar refractivity (Wildman–Crippen MR) is 48.8 cm³/mol. The molecule has 1 aromatic rings. The third-order valence-corrected chi connectivity index (χ3v) is 1.67. The molecule has 5 heteroatoms. The zero-order valence-electron chi connectivity index (χ0n) is 8.07. The van der Waals surface area contributed by atoms with Crippen LogP contribution >= 0.6 is 0 Å². The van der Waals surface area contributed by atoms with Crippen LogP contribution in [0.3, 0.4) is 0 Å². The van der Waals surface area contributed by atoms with Gasteiger partial charge >= 0.3 is 5.97 Å². The van der Waals surface area contributed by atoms with Crippen molar-refractivity contribution < 1.29 is 13.9 Å². The molecule has 0 aliphatic heterocycles. The van der Waals surface area contributed by atoms with E-state index in [-0.39, 0.29) is 12.6 Å². The van der Waals surface area contributed by atoms with Crippen molar-refractivity contribution in [2.24, 2.45) is 0 Å². The topological polar surface area (TPSA) is 44.1 Å². The number of carbonyl (C=O) groups excluding carboxylic acids is 1. The van der Waals surface area contributed by atoms with E-state index in [4.69, 9.17) is 4.74 Å². The second kappa shape index (κ2) is 5.36. The molecule has 0 bridgehead atoms. The largest absolute Gasteiger partial charge is 0.462 e. The number of carbonyl (C=O) groups is 1. The number of aryl methyl sites for hydroxylation is 1. The predicted octanol–water partition coefficient (Wildman–Crippen LogP) is 1.42. The number of rotatable bonds is 5. The monoisotopic (exact) mass is 200 g/mol. The molecule has 0 amide bonds. The van der Waals surface area contributed by atoms with E-state index in [2.05, 4.69) is 5.10 Å². The molecule has 14 heavy (non-hydrogen) atoms. The van der Waals surface area contributed by atoms with Gasteiger partial charge in [-0.25, -0.2) is 4.79 Å². The first kappa shape index (κ1) is 10.7. The average molecular weight is 200 g/mol. The van der Waals surface area contributed by atoms with Gasteiger partial charge in [-0.05, 0) is 13.3 Å². The Morgan fingerprint density at radius 1 is 1.71 bits per heavy atom. The average Bonchev–Trinajstić information content (AvgIpc) is 2.63. The first-order valence-electron chi connectivity index (χ1n) is 4.53. The van der Waals surface area contributed by atoms with Crippen molar-refractivity contribution in [3.8, 4) is 0 Å². The van der Waals surface area contributed by atoms with E-state index in [1.165, 1.54) is 10.9 Å². The van der Waals surface area contributed by atoms with Gasteiger partial charge in [-0.15, -0.1) is 0 Å². The van der Waals surface area contributed by atoms with Crippen LogP contribution in [0.1, 0.15) is 23.7 Å². The Morgan fingerprint density at radius 3 is 3.14 bits per heavy atom. The molecular formula is C9H13FN2O2. The fraction of sp³-hybridized carbons (Fsp3) is 0.556. The molecule has 4 nitrogen and oxygen atoms in total. The van der Waals surface area contributed by atoms with Gasteiger partial charge in [-0.2, -0.15) is 5.10 Å². The van der Waals surface area contributed by atoms with E-state index in [0.717, 1.165) is 0 Å². The lowest BCUT2D eigenvalue weighted by Gasteiger charge is -1.97. The van der Waals surface area contributed by atoms with Crippen LogP contribution in [0.15, 0.2) is 12.4 Å². The summed E-state index contributed by atoms with van der Waals surface area (Å²) >= 11 is 0. The molecule has 0 aliphatic rings. The molecule has 78 valence electrons. The first-order chi connectivity index (χ1) is 6.77. The molecular weight excluding hydrogens is 187 g/mol. The van der Waals surface area contributed by atoms with Crippen LogP contribution in [0.2, 0.25) is 0 Å². The summed E-state index contributed by atoms with van der Waals surface area (Å²) in [5.74, 6) is -0.390. The molecule has 0 aliphatic carbocycles. The van der Waals surface area contributed by atoms with Gasteiger partial charge in [0.1, 0.15) is 0 Å². The number of ether oxygens (including phenoxy) is 1. The SMILES string of the molecule is CCOC(=O)c1cnn(CCCF)c1. The summed E-state index contributed by atoms with van der Waals surface area (Å²) in [6.45, 7) is 2.18. The van der Waals surface area contributed by atoms with Crippen LogP contribution < -0.4 is 0 Å². The smallest absolute Gasteiger partial charge is 0.341 e. The highest BCUT2D eigenvalue weighted by atomic mass is 19.1. The van der Waals surface area contributed by atoms with Crippen molar-refractivity contribution in [1.29, 1.82) is 0 Å². The van der Waals surface area contributed by atoms with Crippen molar-refractivity contribution in [3.05, 3.63) is 18.0 Å². The van der Waals surface area contributed by atoms with Gasteiger partial charge in [0.2, 0.25) is 0 Å². The summed E-state index contributed by atoms with van der Waals surface area (Å²) < 4.78 is 18.1. The van der Waals surface area contributed by atoms with Gasteiger partial charge in [0.25, 0.3) is 0 Å². The van der Waals surface area contributed by atoms with Crippen molar-refractivity contribution in [2.45, 2.75) is 19.9 Å². The van der Waals surface area contributed by atoms with Crippen LogP contribution in [0.5, 0.6) is 0 Å². The maximum atomic E-state index is 11.8. The zero-order chi connectivity index (χ0) is 10.4. The highest BCUT2D eigenvalue weighted by Gasteiger charge is 2.08. The Kier molecular flexibility index (Phi) is 4.10. The molecule has 0 unspecified atom stereocenters. The summed E-state index contributed by atoms with van der Waals surface area (Å²) in [6, 6.07) is 0. The van der Waals surface area contributed by atoms with Crippen LogP contribution in [0, 0.1) is 0 Å². The summed E-state index contributed by atoms with van der Waals surface area (Å²) in [5.41, 5.74) is 0.408. The number of esters is 1. The van der Waals surface area contributed by atoms with Gasteiger partial charge in [0, 0.05) is 12.7 Å². The summed E-state index contributed by atoms with van der Waals surface area (Å²) in [5, 5.41) is 3.91. The number of halogens is 1. The standard InChI is InChI=1S/C9H13FN2O2/c1-2-14-9(13)8-6-11-12(7-8)5-3-4-10/h6-7H,2-5H2,1H3. The number of nitrogens with zero attached hydrogens (tertiary/aromatic N) is 2. The number of alkyl halides is 1. The highest BCUT2D eigenvalue weighted by molar-refractivity contribution is 5.88. The van der Waals surface area contributed by atoms with Gasteiger partial charge in [-0.3, -0.25) is 9.07 Å². The molecule has 1 aromatic heterocycles. The minimum atomic E-state index is -0.390. The maximum Gasteiger partial charge on any atom is 0.341 e. The minimum Gasteiger partial charge on any atom is -0.462 e. The third-order valence-electron chi connectivity index (χ3n) is 1.67. The summed E-state index contributed by atoms with van der Waals surface area (Å²) in [6.07, 6.45) is 3.40. The Hall–Kier alpha value is -1.39. The normalized spacial score (nSPS) is 10.1. The quantitative estimate of drug-likeness (QED) is 0.675. The molecule has 1 heterocycles. The second-order valence-corrected chi connectivity index (χ2v) is 2.76. The van der Waals surface area contributed by atoms with Crippen molar-refractivity contribution in [1.82, 2.24) is 9.78 Å². The molecule has 0 N–H and O–H groups in total. The summed E-state index contributed by atoms with van der Waals surface area (Å²) in [4.78, 5) is 11.2. The van der Waals surface area contributed by atoms with Crippen LogP contribution in [0.25, 0.3) is 0 Å². The van der Waals surface area contributed by atoms with Gasteiger partial charge in [0.05, 0.1) is 25.0 Å². The summed E-state index contributed by atoms with van der Waals surface area (Å²) in [7, 11) is 0. The van der Waals surface area contributed by atoms with Crippen molar-refractivity contribution in [3.63, 3.8) is 0 Å². The second-order valence-electron chi connectivity index (χ2n) is 2.76. The van der Waals surface area contributed by atoms with Gasteiger partial charge in [0.15, 0.2) is 0 Å². The fourth-order valence-electron chi connectivity index (χ4n) is 1.03. The maximum absolute atomic E-state index is 11.8. The molecule has 0 fully saturated rings. The third kappa shape index (κ3) is 2.83. The lowest BCUT2D eigenvalue weighted by Crippen LogP contribution is -2.03. The molecule has 1 rings (SSSR count). The molecule has 0 atom stereocenters. The van der Waals surface area contributed by atoms with Crippen LogP contribution in [-0.4, -0.2) is 29.0 Å². The van der Waals surface area contributed by atoms with Crippen LogP contribution in [0.4, 0.5) is 4.39 Å². The molecule has 0 spiro atoms. The Labute approximate surface area is 81.7 Å². The van der Waals surface area contributed by atoms with E-state index in [9.17, 15) is 9.18 Å². The molecule has 0 saturated heterocycles. The molecule has 0 saturated carbocycles. The Bertz CT molecular complexity index is 299. The molecule has 0 radical (unpaired) electrons. The van der Waals surface area contributed by atoms with E-state index in [1.54, 1.807) is 13.1 Å². The number of aromatic nitrogens is 2. The molecule has 0 aromatic carbocycles. The van der Waals surface area contributed by atoms with E-state index in [0.29, 0.717) is 25.1 Å².